The van der Waals surface area contributed by atoms with Crippen molar-refractivity contribution in [1.82, 2.24) is 0 Å². The molecule has 102 valence electrons. The Morgan fingerprint density at radius 1 is 1.24 bits per heavy atom. The maximum Gasteiger partial charge on any atom is 0.307 e. The molecule has 0 bridgehead atoms. The molecule has 0 rings (SSSR count). The third-order valence-electron chi connectivity index (χ3n) is 3.43. The molecule has 2 atom stereocenters. The van der Waals surface area contributed by atoms with Crippen LogP contribution in [0, 0.1) is 11.8 Å². The van der Waals surface area contributed by atoms with E-state index in [1.165, 1.54) is 32.8 Å². The lowest BCUT2D eigenvalue weighted by Gasteiger charge is -2.26. The summed E-state index contributed by atoms with van der Waals surface area (Å²) < 4.78 is 4.67. The van der Waals surface area contributed by atoms with Gasteiger partial charge in [0.15, 0.2) is 0 Å². The minimum absolute atomic E-state index is 0.0657. The van der Waals surface area contributed by atoms with Crippen molar-refractivity contribution in [3.63, 3.8) is 0 Å². The molecule has 0 amide bonds. The number of carbonyl (C=O) groups excluding carboxylic acids is 1. The van der Waals surface area contributed by atoms with Crippen LogP contribution in [0.4, 0.5) is 0 Å². The number of hydrogen-bond acceptors (Lipinski definition) is 3. The van der Waals surface area contributed by atoms with E-state index in [1.54, 1.807) is 0 Å². The highest BCUT2D eigenvalue weighted by molar-refractivity contribution is 5.69. The molecule has 0 aromatic heterocycles. The summed E-state index contributed by atoms with van der Waals surface area (Å²) in [7, 11) is 1.42. The van der Waals surface area contributed by atoms with Crippen LogP contribution in [0.5, 0.6) is 0 Å². The smallest absolute Gasteiger partial charge is 0.307 e. The fourth-order valence-electron chi connectivity index (χ4n) is 2.28. The molecule has 0 radical (unpaired) electrons. The SMILES string of the molecule is CCCCCCC(C(C)C)C(N)CC(=O)OC. The first-order valence-electron chi connectivity index (χ1n) is 6.85. The summed E-state index contributed by atoms with van der Waals surface area (Å²) in [4.78, 5) is 11.2. The topological polar surface area (TPSA) is 52.3 Å². The van der Waals surface area contributed by atoms with Crippen molar-refractivity contribution < 1.29 is 9.53 Å². The van der Waals surface area contributed by atoms with Gasteiger partial charge < -0.3 is 10.5 Å². The average molecular weight is 243 g/mol. The van der Waals surface area contributed by atoms with Gasteiger partial charge in [-0.05, 0) is 18.3 Å². The van der Waals surface area contributed by atoms with E-state index in [4.69, 9.17) is 5.73 Å². The van der Waals surface area contributed by atoms with E-state index in [0.29, 0.717) is 18.3 Å². The molecule has 0 spiro atoms. The zero-order valence-electron chi connectivity index (χ0n) is 11.9. The number of unbranched alkanes of at least 4 members (excludes halogenated alkanes) is 3. The lowest BCUT2D eigenvalue weighted by atomic mass is 9.83. The van der Waals surface area contributed by atoms with Gasteiger partial charge in [-0.15, -0.1) is 0 Å². The van der Waals surface area contributed by atoms with E-state index >= 15 is 0 Å². The number of rotatable bonds is 9. The van der Waals surface area contributed by atoms with Gasteiger partial charge in [-0.1, -0.05) is 46.5 Å². The normalized spacial score (nSPS) is 14.7. The highest BCUT2D eigenvalue weighted by atomic mass is 16.5. The lowest BCUT2D eigenvalue weighted by Crippen LogP contribution is -2.35. The van der Waals surface area contributed by atoms with Crippen LogP contribution in [-0.2, 0) is 9.53 Å². The van der Waals surface area contributed by atoms with Crippen molar-refractivity contribution in [1.29, 1.82) is 0 Å². The van der Waals surface area contributed by atoms with Crippen LogP contribution >= 0.6 is 0 Å². The Labute approximate surface area is 106 Å². The number of carbonyl (C=O) groups is 1. The summed E-state index contributed by atoms with van der Waals surface area (Å²) >= 11 is 0. The Morgan fingerprint density at radius 3 is 2.35 bits per heavy atom. The summed E-state index contributed by atoms with van der Waals surface area (Å²) in [6, 6.07) is -0.0657. The van der Waals surface area contributed by atoms with Crippen LogP contribution in [0.15, 0.2) is 0 Å². The molecule has 2 N–H and O–H groups in total. The molecule has 0 aromatic carbocycles. The van der Waals surface area contributed by atoms with Crippen molar-refractivity contribution >= 4 is 5.97 Å². The Balaban J connectivity index is 4.07. The van der Waals surface area contributed by atoms with E-state index in [9.17, 15) is 4.79 Å². The molecule has 0 saturated heterocycles. The number of ether oxygens (including phenoxy) is 1. The van der Waals surface area contributed by atoms with Gasteiger partial charge in [0, 0.05) is 6.04 Å². The Kier molecular flexibility index (Phi) is 9.14. The Morgan fingerprint density at radius 2 is 1.88 bits per heavy atom. The van der Waals surface area contributed by atoms with E-state index < -0.39 is 0 Å². The third-order valence-corrected chi connectivity index (χ3v) is 3.43. The molecule has 17 heavy (non-hydrogen) atoms. The minimum atomic E-state index is -0.197. The zero-order chi connectivity index (χ0) is 13.3. The van der Waals surface area contributed by atoms with Crippen LogP contribution in [0.2, 0.25) is 0 Å². The summed E-state index contributed by atoms with van der Waals surface area (Å²) in [5.74, 6) is 0.749. The van der Waals surface area contributed by atoms with Crippen molar-refractivity contribution in [2.75, 3.05) is 7.11 Å². The van der Waals surface area contributed by atoms with Gasteiger partial charge in [0.1, 0.15) is 0 Å². The predicted molar refractivity (Wildman–Crippen MR) is 71.7 cm³/mol. The molecule has 0 heterocycles. The number of esters is 1. The van der Waals surface area contributed by atoms with Crippen LogP contribution in [-0.4, -0.2) is 19.1 Å². The average Bonchev–Trinajstić information content (AvgIpc) is 2.28. The van der Waals surface area contributed by atoms with Crippen LogP contribution < -0.4 is 5.73 Å². The van der Waals surface area contributed by atoms with Crippen molar-refractivity contribution in [3.8, 4) is 0 Å². The third kappa shape index (κ3) is 7.37. The van der Waals surface area contributed by atoms with Gasteiger partial charge in [0.25, 0.3) is 0 Å². The second-order valence-electron chi connectivity index (χ2n) is 5.20. The molecule has 0 aliphatic heterocycles. The maximum absolute atomic E-state index is 11.2. The molecule has 0 aliphatic rings. The maximum atomic E-state index is 11.2. The Hall–Kier alpha value is -0.570. The monoisotopic (exact) mass is 243 g/mol. The van der Waals surface area contributed by atoms with Gasteiger partial charge in [0.2, 0.25) is 0 Å². The second-order valence-corrected chi connectivity index (χ2v) is 5.20. The molecule has 0 saturated carbocycles. The lowest BCUT2D eigenvalue weighted by molar-refractivity contribution is -0.141. The summed E-state index contributed by atoms with van der Waals surface area (Å²) in [6.07, 6.45) is 6.48. The molecule has 2 unspecified atom stereocenters. The molecular formula is C14H29NO2. The quantitative estimate of drug-likeness (QED) is 0.500. The van der Waals surface area contributed by atoms with E-state index in [1.807, 2.05) is 0 Å². The van der Waals surface area contributed by atoms with Gasteiger partial charge in [-0.3, -0.25) is 4.79 Å². The summed E-state index contributed by atoms with van der Waals surface area (Å²) in [6.45, 7) is 6.58. The highest BCUT2D eigenvalue weighted by Crippen LogP contribution is 2.23. The largest absolute Gasteiger partial charge is 0.469 e. The first-order chi connectivity index (χ1) is 8.02. The molecule has 3 nitrogen and oxygen atoms in total. The van der Waals surface area contributed by atoms with Gasteiger partial charge >= 0.3 is 5.97 Å². The molecule has 0 aliphatic carbocycles. The zero-order valence-corrected chi connectivity index (χ0v) is 11.9. The van der Waals surface area contributed by atoms with Crippen LogP contribution in [0.25, 0.3) is 0 Å². The van der Waals surface area contributed by atoms with E-state index in [2.05, 4.69) is 25.5 Å². The van der Waals surface area contributed by atoms with Crippen molar-refractivity contribution in [2.45, 2.75) is 65.3 Å². The number of hydrogen-bond donors (Lipinski definition) is 1. The number of nitrogens with two attached hydrogens (primary N) is 1. The molecule has 0 aromatic rings. The fraction of sp³-hybridized carbons (Fsp3) is 0.929. The molecule has 0 fully saturated rings. The summed E-state index contributed by atoms with van der Waals surface area (Å²) in [5, 5.41) is 0. The van der Waals surface area contributed by atoms with Crippen molar-refractivity contribution in [3.05, 3.63) is 0 Å². The number of methoxy groups -OCH3 is 1. The molecular weight excluding hydrogens is 214 g/mol. The van der Waals surface area contributed by atoms with Gasteiger partial charge in [-0.2, -0.15) is 0 Å². The fourth-order valence-corrected chi connectivity index (χ4v) is 2.28. The first kappa shape index (κ1) is 16.4. The van der Waals surface area contributed by atoms with Crippen LogP contribution in [0.3, 0.4) is 0 Å². The van der Waals surface area contributed by atoms with Crippen molar-refractivity contribution in [2.24, 2.45) is 17.6 Å². The minimum Gasteiger partial charge on any atom is -0.469 e. The first-order valence-corrected chi connectivity index (χ1v) is 6.85. The summed E-state index contributed by atoms with van der Waals surface area (Å²) in [5.41, 5.74) is 6.11. The second kappa shape index (κ2) is 9.46. The highest BCUT2D eigenvalue weighted by Gasteiger charge is 2.23. The predicted octanol–water partition coefficient (Wildman–Crippen LogP) is 3.12. The van der Waals surface area contributed by atoms with Gasteiger partial charge in [-0.25, -0.2) is 0 Å². The van der Waals surface area contributed by atoms with E-state index in [-0.39, 0.29) is 12.0 Å². The molecule has 3 heteroatoms. The van der Waals surface area contributed by atoms with Crippen LogP contribution in [0.1, 0.15) is 59.3 Å². The van der Waals surface area contributed by atoms with E-state index in [0.717, 1.165) is 6.42 Å². The standard InChI is InChI=1S/C14H29NO2/c1-5-6-7-8-9-12(11(2)3)13(15)10-14(16)17-4/h11-13H,5-10,15H2,1-4H3. The van der Waals surface area contributed by atoms with Gasteiger partial charge in [0.05, 0.1) is 13.5 Å². The Bertz CT molecular complexity index is 204.